The average molecular weight is 443 g/mol. The molecule has 9 heteroatoms. The van der Waals surface area contributed by atoms with Gasteiger partial charge in [0.15, 0.2) is 23.3 Å². The molecule has 0 unspecified atom stereocenters. The monoisotopic (exact) mass is 443 g/mol. The first kappa shape index (κ1) is 21.9. The maximum absolute atomic E-state index is 13.9. The minimum absolute atomic E-state index is 0.0717. The van der Waals surface area contributed by atoms with Crippen LogP contribution in [0.15, 0.2) is 46.9 Å². The topological polar surface area (TPSA) is 90.0 Å². The predicted octanol–water partition coefficient (Wildman–Crippen LogP) is 4.40. The number of likely N-dealkylation sites (tertiary alicyclic amines) is 1. The van der Waals surface area contributed by atoms with E-state index in [1.807, 2.05) is 0 Å². The van der Waals surface area contributed by atoms with Gasteiger partial charge in [-0.3, -0.25) is 5.21 Å². The number of aliphatic hydroxyl groups is 1. The van der Waals surface area contributed by atoms with Crippen LogP contribution in [-0.4, -0.2) is 51.4 Å². The van der Waals surface area contributed by atoms with E-state index in [1.165, 1.54) is 13.1 Å². The fourth-order valence-electron chi connectivity index (χ4n) is 3.83. The van der Waals surface area contributed by atoms with Crippen LogP contribution in [-0.2, 0) is 6.61 Å². The molecule has 1 aliphatic rings. The number of amides is 2. The molecule has 1 aromatic heterocycles. The van der Waals surface area contributed by atoms with Gasteiger partial charge in [-0.1, -0.05) is 24.3 Å². The van der Waals surface area contributed by atoms with Gasteiger partial charge in [0.05, 0.1) is 6.61 Å². The van der Waals surface area contributed by atoms with E-state index in [2.05, 4.69) is 4.98 Å². The Balaban J connectivity index is 1.68. The summed E-state index contributed by atoms with van der Waals surface area (Å²) in [6.07, 6.45) is 1.17. The molecule has 4 rings (SSSR count). The number of piperidine rings is 1. The molecule has 168 valence electrons. The molecule has 0 saturated carbocycles. The lowest BCUT2D eigenvalue weighted by Crippen LogP contribution is -2.43. The number of hydrogen-bond acceptors (Lipinski definition) is 5. The molecule has 0 radical (unpaired) electrons. The first-order valence-corrected chi connectivity index (χ1v) is 10.2. The first-order chi connectivity index (χ1) is 15.4. The lowest BCUT2D eigenvalue weighted by molar-refractivity contribution is -0.0358. The van der Waals surface area contributed by atoms with E-state index in [-0.39, 0.29) is 12.5 Å². The highest BCUT2D eigenvalue weighted by Gasteiger charge is 2.30. The molecule has 1 aliphatic heterocycles. The zero-order chi connectivity index (χ0) is 22.8. The average Bonchev–Trinajstić information content (AvgIpc) is 3.26. The number of urea groups is 1. The maximum Gasteiger partial charge on any atom is 0.343 e. The van der Waals surface area contributed by atoms with Crippen molar-refractivity contribution in [2.75, 3.05) is 20.1 Å². The minimum Gasteiger partial charge on any atom is -0.440 e. The molecule has 0 aliphatic carbocycles. The van der Waals surface area contributed by atoms with Crippen LogP contribution in [0.3, 0.4) is 0 Å². The number of halogens is 2. The van der Waals surface area contributed by atoms with Crippen LogP contribution in [0.25, 0.3) is 22.6 Å². The van der Waals surface area contributed by atoms with Gasteiger partial charge >= 0.3 is 6.03 Å². The number of benzene rings is 2. The largest absolute Gasteiger partial charge is 0.440 e. The molecule has 0 spiro atoms. The number of nitrogens with zero attached hydrogens (tertiary/aromatic N) is 3. The van der Waals surface area contributed by atoms with E-state index in [0.717, 1.165) is 17.7 Å². The third-order valence-corrected chi connectivity index (χ3v) is 5.63. The summed E-state index contributed by atoms with van der Waals surface area (Å²) in [5, 5.41) is 19.2. The summed E-state index contributed by atoms with van der Waals surface area (Å²) in [4.78, 5) is 18.2. The summed E-state index contributed by atoms with van der Waals surface area (Å²) >= 11 is 0. The van der Waals surface area contributed by atoms with Crippen molar-refractivity contribution in [1.82, 2.24) is 14.9 Å². The summed E-state index contributed by atoms with van der Waals surface area (Å²) in [5.74, 6) is -1.23. The summed E-state index contributed by atoms with van der Waals surface area (Å²) in [6, 6.07) is 10.2. The van der Waals surface area contributed by atoms with Crippen molar-refractivity contribution in [3.05, 3.63) is 65.6 Å². The molecule has 2 aromatic carbocycles. The summed E-state index contributed by atoms with van der Waals surface area (Å²) < 4.78 is 33.5. The molecule has 32 heavy (non-hydrogen) atoms. The fraction of sp³-hybridized carbons (Fsp3) is 0.304. The normalized spacial score (nSPS) is 14.6. The van der Waals surface area contributed by atoms with E-state index in [9.17, 15) is 23.9 Å². The Morgan fingerprint density at radius 3 is 2.38 bits per heavy atom. The molecular formula is C23H23F2N3O4. The van der Waals surface area contributed by atoms with Crippen molar-refractivity contribution in [3.8, 4) is 22.6 Å². The fourth-order valence-corrected chi connectivity index (χ4v) is 3.83. The lowest BCUT2D eigenvalue weighted by atomic mass is 9.97. The van der Waals surface area contributed by atoms with Crippen LogP contribution in [0, 0.1) is 11.6 Å². The van der Waals surface area contributed by atoms with E-state index < -0.39 is 17.7 Å². The molecule has 2 amide bonds. The SMILES string of the molecule is CN(O)C(=O)N1CCC(c2nc(-c3ccc(CO)cc3)c(-c3ccc(F)c(F)c3)o2)CC1. The van der Waals surface area contributed by atoms with Gasteiger partial charge in [0.1, 0.15) is 5.69 Å². The second-order valence-corrected chi connectivity index (χ2v) is 7.78. The first-order valence-electron chi connectivity index (χ1n) is 10.2. The maximum atomic E-state index is 13.9. The van der Waals surface area contributed by atoms with Gasteiger partial charge in [0.25, 0.3) is 0 Å². The van der Waals surface area contributed by atoms with Gasteiger partial charge < -0.3 is 14.4 Å². The Labute approximate surface area is 183 Å². The van der Waals surface area contributed by atoms with Gasteiger partial charge in [0.2, 0.25) is 0 Å². The Hall–Kier alpha value is -3.30. The third-order valence-electron chi connectivity index (χ3n) is 5.63. The highest BCUT2D eigenvalue weighted by atomic mass is 19.2. The predicted molar refractivity (Wildman–Crippen MR) is 112 cm³/mol. The van der Waals surface area contributed by atoms with Crippen molar-refractivity contribution in [2.24, 2.45) is 0 Å². The van der Waals surface area contributed by atoms with Gasteiger partial charge in [-0.15, -0.1) is 0 Å². The smallest absolute Gasteiger partial charge is 0.343 e. The summed E-state index contributed by atoms with van der Waals surface area (Å²) in [7, 11) is 1.28. The number of carbonyl (C=O) groups is 1. The Kier molecular flexibility index (Phi) is 6.20. The van der Waals surface area contributed by atoms with Crippen molar-refractivity contribution < 1.29 is 28.3 Å². The molecule has 7 nitrogen and oxygen atoms in total. The summed E-state index contributed by atoms with van der Waals surface area (Å²) in [6.45, 7) is 0.760. The number of aliphatic hydroxyl groups excluding tert-OH is 1. The molecule has 1 saturated heterocycles. The molecular weight excluding hydrogens is 420 g/mol. The van der Waals surface area contributed by atoms with Crippen LogP contribution >= 0.6 is 0 Å². The van der Waals surface area contributed by atoms with Crippen molar-refractivity contribution in [1.29, 1.82) is 0 Å². The second-order valence-electron chi connectivity index (χ2n) is 7.78. The number of oxazole rings is 1. The van der Waals surface area contributed by atoms with Crippen LogP contribution in [0.4, 0.5) is 13.6 Å². The zero-order valence-electron chi connectivity index (χ0n) is 17.5. The molecule has 2 heterocycles. The molecule has 2 N–H and O–H groups in total. The van der Waals surface area contributed by atoms with E-state index in [4.69, 9.17) is 4.42 Å². The number of hydroxylamine groups is 2. The Bertz CT molecular complexity index is 1110. The van der Waals surface area contributed by atoms with Crippen molar-refractivity contribution >= 4 is 6.03 Å². The van der Waals surface area contributed by atoms with Crippen molar-refractivity contribution in [2.45, 2.75) is 25.4 Å². The second kappa shape index (κ2) is 9.05. The van der Waals surface area contributed by atoms with E-state index in [1.54, 1.807) is 29.2 Å². The number of hydrogen-bond donors (Lipinski definition) is 2. The zero-order valence-corrected chi connectivity index (χ0v) is 17.5. The number of aromatic nitrogens is 1. The van der Waals surface area contributed by atoms with Crippen LogP contribution in [0.2, 0.25) is 0 Å². The summed E-state index contributed by atoms with van der Waals surface area (Å²) in [5.41, 5.74) is 2.30. The molecule has 0 bridgehead atoms. The van der Waals surface area contributed by atoms with Gasteiger partial charge in [-0.2, -0.15) is 0 Å². The van der Waals surface area contributed by atoms with Crippen LogP contribution in [0.5, 0.6) is 0 Å². The quantitative estimate of drug-likeness (QED) is 0.461. The number of carbonyl (C=O) groups excluding carboxylic acids is 1. The van der Waals surface area contributed by atoms with Gasteiger partial charge in [-0.05, 0) is 36.6 Å². The minimum atomic E-state index is -0.984. The highest BCUT2D eigenvalue weighted by molar-refractivity contribution is 5.77. The Morgan fingerprint density at radius 2 is 1.78 bits per heavy atom. The molecule has 1 fully saturated rings. The lowest BCUT2D eigenvalue weighted by Gasteiger charge is -2.31. The van der Waals surface area contributed by atoms with Crippen LogP contribution in [0.1, 0.15) is 30.2 Å². The third kappa shape index (κ3) is 4.35. The van der Waals surface area contributed by atoms with E-state index >= 15 is 0 Å². The Morgan fingerprint density at radius 1 is 1.12 bits per heavy atom. The van der Waals surface area contributed by atoms with Crippen molar-refractivity contribution in [3.63, 3.8) is 0 Å². The van der Waals surface area contributed by atoms with E-state index in [0.29, 0.717) is 59.5 Å². The number of rotatable bonds is 4. The van der Waals surface area contributed by atoms with Gasteiger partial charge in [0, 0.05) is 37.2 Å². The molecule has 0 atom stereocenters. The highest BCUT2D eigenvalue weighted by Crippen LogP contribution is 2.38. The van der Waals surface area contributed by atoms with Gasteiger partial charge in [-0.25, -0.2) is 23.6 Å². The standard InChI is InChI=1S/C23H23F2N3O4/c1-27(31)23(30)28-10-8-16(9-11-28)22-26-20(15-4-2-14(13-29)3-5-15)21(32-22)17-6-7-18(24)19(25)12-17/h2-7,12,16,29,31H,8-11,13H2,1H3. The molecule has 3 aromatic rings. The van der Waals surface area contributed by atoms with Crippen LogP contribution < -0.4 is 0 Å².